The molecule has 3 aliphatic heterocycles. The first-order valence-electron chi connectivity index (χ1n) is 34.4. The maximum atomic E-state index is 14.3. The summed E-state index contributed by atoms with van der Waals surface area (Å²) < 4.78 is 110. The highest BCUT2D eigenvalue weighted by Gasteiger charge is 2.51. The van der Waals surface area contributed by atoms with Crippen LogP contribution in [0, 0.1) is 5.82 Å². The summed E-state index contributed by atoms with van der Waals surface area (Å²) >= 11 is 0. The van der Waals surface area contributed by atoms with Gasteiger partial charge in [-0.1, -0.05) is 91.3 Å². The number of alkyl halides is 6. The number of carboxylic acid groups (broad SMARTS) is 1. The molecule has 2 aliphatic carbocycles. The number of para-hydroxylation sites is 1. The summed E-state index contributed by atoms with van der Waals surface area (Å²) in [6, 6.07) is 39.4. The number of carbonyl (C=O) groups is 5. The number of unbranched alkanes of at least 4 members (excludes halogenated alkanes) is 2. The minimum atomic E-state index is -5.15. The van der Waals surface area contributed by atoms with Crippen LogP contribution in [0.15, 0.2) is 146 Å². The van der Waals surface area contributed by atoms with Gasteiger partial charge >= 0.3 is 18.4 Å². The molecule has 0 bridgehead atoms. The number of hydrogen-bond donors (Lipinski definition) is 2. The molecule has 2 N–H and O–H groups in total. The zero-order valence-corrected chi connectivity index (χ0v) is 56.1. The number of nitrogens with zero attached hydrogens (tertiary/aromatic N) is 7. The van der Waals surface area contributed by atoms with E-state index in [-0.39, 0.29) is 61.5 Å². The molecule has 3 saturated heterocycles. The summed E-state index contributed by atoms with van der Waals surface area (Å²) in [4.78, 5) is 79.8. The smallest absolute Gasteiger partial charge is 0.416 e. The van der Waals surface area contributed by atoms with Gasteiger partial charge < -0.3 is 49.3 Å². The summed E-state index contributed by atoms with van der Waals surface area (Å²) in [6.45, 7) is 5.30. The largest absolute Gasteiger partial charge is 0.465 e. The van der Waals surface area contributed by atoms with Gasteiger partial charge in [0.25, 0.3) is 11.8 Å². The molecule has 1 spiro atoms. The number of hydrogen-bond acceptors (Lipinski definition) is 10. The number of anilines is 2. The van der Waals surface area contributed by atoms with Gasteiger partial charge in [0, 0.05) is 113 Å². The molecule has 5 aliphatic rings. The topological polar surface area (TPSA) is 159 Å². The lowest BCUT2D eigenvalue weighted by molar-refractivity contribution is -0.143. The van der Waals surface area contributed by atoms with E-state index < -0.39 is 64.6 Å². The third-order valence-electron chi connectivity index (χ3n) is 20.6. The van der Waals surface area contributed by atoms with Crippen molar-refractivity contribution >= 4 is 41.1 Å². The first-order chi connectivity index (χ1) is 47.5. The summed E-state index contributed by atoms with van der Waals surface area (Å²) in [5.41, 5.74) is 1.17. The van der Waals surface area contributed by atoms with Gasteiger partial charge in [-0.15, -0.1) is 0 Å². The number of amides is 5. The van der Waals surface area contributed by atoms with Crippen LogP contribution < -0.4 is 10.2 Å². The van der Waals surface area contributed by atoms with Crippen molar-refractivity contribution in [3.63, 3.8) is 0 Å². The molecule has 6 aromatic carbocycles. The predicted molar refractivity (Wildman–Crippen MR) is 363 cm³/mol. The van der Waals surface area contributed by atoms with Crippen molar-refractivity contribution in [3.8, 4) is 11.1 Å². The third kappa shape index (κ3) is 17.4. The van der Waals surface area contributed by atoms with E-state index in [9.17, 15) is 59.8 Å². The van der Waals surface area contributed by atoms with E-state index in [0.717, 1.165) is 79.0 Å². The number of likely N-dealkylation sites (N-methyl/N-ethyl adjacent to an activating group) is 2. The fourth-order valence-corrected chi connectivity index (χ4v) is 14.7. The van der Waals surface area contributed by atoms with Gasteiger partial charge in [-0.05, 0) is 167 Å². The fourth-order valence-electron chi connectivity index (χ4n) is 14.7. The van der Waals surface area contributed by atoms with Crippen molar-refractivity contribution in [2.75, 3.05) is 110 Å². The Morgan fingerprint density at radius 3 is 1.98 bits per heavy atom. The molecule has 0 unspecified atom stereocenters. The quantitative estimate of drug-likeness (QED) is 0.0373. The Morgan fingerprint density at radius 2 is 1.30 bits per heavy atom. The minimum Gasteiger partial charge on any atom is -0.465 e. The molecule has 2 atom stereocenters. The summed E-state index contributed by atoms with van der Waals surface area (Å²) in [5, 5.41) is 13.8. The number of ether oxygens (including phenoxy) is 2. The highest BCUT2D eigenvalue weighted by Crippen LogP contribution is 2.49. The third-order valence-corrected chi connectivity index (χ3v) is 20.6. The number of fused-ring (bicyclic) bond motifs is 2. The predicted octanol–water partition coefficient (Wildman–Crippen LogP) is 13.5. The Hall–Kier alpha value is -8.38. The Labute approximate surface area is 573 Å². The highest BCUT2D eigenvalue weighted by molar-refractivity contribution is 5.96. The summed E-state index contributed by atoms with van der Waals surface area (Å²) in [6.07, 6.45) is -2.54. The average molecular weight is 1370 g/mol. The standard InChI is InChI=1S/C76H87F7N8O8/c1-85(37-13-38-90(62-29-30-62)71(95)54-21-27-61(28-22-54)84-36-12-4-7-20-68(92)86(2)44-45-87-39-31-63(32-40-87)91(72(96)97)66-19-11-9-17-64(66)53-14-5-3-6-15-53)69(93)50-98-67-48-55-16-8-10-18-65(55)73(67)33-41-88(42-34-73)43-35-74(57-23-25-60(77)26-24-57)51-89(52-99-74)70(94)56-46-58(75(78,79)80)49-59(47-56)76(81,82)83/h3,5-6,8-11,14-19,21-28,46-47,49,62-63,67,84H,4,7,12-13,20,29-45,48,50-52H2,1-2H3,(H,96,97)/t67-,74+/m0/s1. The van der Waals surface area contributed by atoms with Crippen molar-refractivity contribution in [3.05, 3.63) is 190 Å². The van der Waals surface area contributed by atoms with E-state index in [0.29, 0.717) is 120 Å². The molecule has 99 heavy (non-hydrogen) atoms. The monoisotopic (exact) mass is 1370 g/mol. The highest BCUT2D eigenvalue weighted by atomic mass is 19.4. The molecular weight excluding hydrogens is 1290 g/mol. The Morgan fingerprint density at radius 1 is 0.657 bits per heavy atom. The normalized spacial score (nSPS) is 18.8. The van der Waals surface area contributed by atoms with Crippen LogP contribution in [0.25, 0.3) is 11.1 Å². The number of likely N-dealkylation sites (tertiary alicyclic amines) is 2. The van der Waals surface area contributed by atoms with Crippen LogP contribution in [-0.2, 0) is 48.9 Å². The lowest BCUT2D eigenvalue weighted by Crippen LogP contribution is -2.50. The molecular formula is C76H87F7N8O8. The van der Waals surface area contributed by atoms with Crippen molar-refractivity contribution in [1.82, 2.24) is 29.4 Å². The van der Waals surface area contributed by atoms with Crippen LogP contribution >= 0.6 is 0 Å². The van der Waals surface area contributed by atoms with E-state index in [1.807, 2.05) is 103 Å². The summed E-state index contributed by atoms with van der Waals surface area (Å²) in [7, 11) is 3.59. The number of rotatable bonds is 27. The fraction of sp³-hybridized carbons (Fsp3) is 0.461. The van der Waals surface area contributed by atoms with Crippen LogP contribution in [0.1, 0.15) is 126 Å². The number of halogens is 7. The molecule has 1 saturated carbocycles. The Balaban J connectivity index is 0.589. The van der Waals surface area contributed by atoms with Gasteiger partial charge in [0.05, 0.1) is 29.5 Å². The van der Waals surface area contributed by atoms with E-state index >= 15 is 0 Å². The number of nitrogens with one attached hydrogen (secondary N) is 1. The molecule has 16 nitrogen and oxygen atoms in total. The van der Waals surface area contributed by atoms with Gasteiger partial charge in [-0.3, -0.25) is 24.1 Å². The minimum absolute atomic E-state index is 0.0266. The molecule has 23 heteroatoms. The van der Waals surface area contributed by atoms with Crippen molar-refractivity contribution < 1.29 is 69.3 Å². The second-order valence-electron chi connectivity index (χ2n) is 27.1. The van der Waals surface area contributed by atoms with Crippen LogP contribution in [0.3, 0.4) is 0 Å². The number of carbonyl (C=O) groups excluding carboxylic acids is 4. The lowest BCUT2D eigenvalue weighted by Gasteiger charge is -2.44. The van der Waals surface area contributed by atoms with Gasteiger partial charge in [0.2, 0.25) is 11.8 Å². The number of benzene rings is 6. The number of piperidine rings is 2. The lowest BCUT2D eigenvalue weighted by atomic mass is 9.72. The van der Waals surface area contributed by atoms with Crippen LogP contribution in [0.4, 0.5) is 46.9 Å². The zero-order chi connectivity index (χ0) is 70.1. The van der Waals surface area contributed by atoms with E-state index in [1.54, 1.807) is 16.8 Å². The van der Waals surface area contributed by atoms with Crippen LogP contribution in [0.5, 0.6) is 0 Å². The van der Waals surface area contributed by atoms with Gasteiger partial charge in [0.1, 0.15) is 24.8 Å². The molecule has 3 heterocycles. The molecule has 5 amide bonds. The second kappa shape index (κ2) is 31.4. The van der Waals surface area contributed by atoms with Gasteiger partial charge in [0.15, 0.2) is 0 Å². The van der Waals surface area contributed by atoms with E-state index in [2.05, 4.69) is 27.2 Å². The molecule has 0 aromatic heterocycles. The molecule has 11 rings (SSSR count). The van der Waals surface area contributed by atoms with E-state index in [1.165, 1.54) is 34.7 Å². The molecule has 528 valence electrons. The SMILES string of the molecule is CN(CCN1CCC(N(C(=O)O)c2ccccc2-c2ccccc2)CC1)C(=O)CCCCCNc1ccc(C(=O)N(CCCN(C)C(=O)CO[C@H]2Cc3ccccc3C23CCN(CC[C@]2(c4ccc(F)cc4)CN(C(=O)c4cc(C(F)(F)F)cc(C(F)(F)F)c4)CO2)CC3)C2CC2)cc1. The molecule has 0 radical (unpaired) electrons. The first-order valence-corrected chi connectivity index (χ1v) is 34.4. The van der Waals surface area contributed by atoms with Crippen LogP contribution in [-0.4, -0.2) is 182 Å². The Kier molecular flexibility index (Phi) is 22.8. The van der Waals surface area contributed by atoms with Gasteiger partial charge in [-0.2, -0.15) is 26.3 Å². The molecule has 4 fully saturated rings. The first kappa shape index (κ1) is 71.9. The maximum absolute atomic E-state index is 14.3. The van der Waals surface area contributed by atoms with Crippen molar-refractivity contribution in [2.45, 2.75) is 125 Å². The van der Waals surface area contributed by atoms with E-state index in [4.69, 9.17) is 9.47 Å². The zero-order valence-electron chi connectivity index (χ0n) is 56.1. The Bertz CT molecular complexity index is 3740. The second-order valence-corrected chi connectivity index (χ2v) is 27.1. The molecule has 6 aromatic rings. The van der Waals surface area contributed by atoms with Gasteiger partial charge in [-0.25, -0.2) is 9.18 Å². The van der Waals surface area contributed by atoms with Crippen molar-refractivity contribution in [2.24, 2.45) is 0 Å². The average Bonchev–Trinajstić information content (AvgIpc) is 1.62. The van der Waals surface area contributed by atoms with Crippen molar-refractivity contribution in [1.29, 1.82) is 0 Å². The maximum Gasteiger partial charge on any atom is 0.416 e. The summed E-state index contributed by atoms with van der Waals surface area (Å²) in [5.74, 6) is -1.73. The van der Waals surface area contributed by atoms with Crippen LogP contribution in [0.2, 0.25) is 0 Å².